The van der Waals surface area contributed by atoms with E-state index in [9.17, 15) is 22.2 Å². The highest BCUT2D eigenvalue weighted by atomic mass is 79.9. The van der Waals surface area contributed by atoms with Gasteiger partial charge in [0.25, 0.3) is 0 Å². The first-order valence-electron chi connectivity index (χ1n) is 5.76. The van der Waals surface area contributed by atoms with Crippen molar-refractivity contribution in [1.29, 1.82) is 0 Å². The Kier molecular flexibility index (Phi) is 6.82. The summed E-state index contributed by atoms with van der Waals surface area (Å²) in [5.41, 5.74) is -0.0193. The molecule has 0 aliphatic carbocycles. The number of carboxylic acids is 1. The number of halogens is 4. The number of rotatable bonds is 7. The largest absolute Gasteiger partial charge is 0.478 e. The van der Waals surface area contributed by atoms with Gasteiger partial charge in [-0.3, -0.25) is 4.21 Å². The fourth-order valence-corrected chi connectivity index (χ4v) is 2.91. The summed E-state index contributed by atoms with van der Waals surface area (Å²) in [5.74, 6) is -1.06. The van der Waals surface area contributed by atoms with E-state index in [1.807, 2.05) is 0 Å². The topological polar surface area (TPSA) is 63.6 Å². The minimum Gasteiger partial charge on any atom is -0.478 e. The van der Waals surface area contributed by atoms with Gasteiger partial charge in [0.15, 0.2) is 0 Å². The third kappa shape index (κ3) is 6.58. The van der Waals surface area contributed by atoms with E-state index < -0.39 is 29.6 Å². The fraction of sp³-hybridized carbons (Fsp3) is 0.417. The summed E-state index contributed by atoms with van der Waals surface area (Å²) in [6.45, 7) is -1.49. The number of hydrogen-bond acceptors (Lipinski definition) is 3. The van der Waals surface area contributed by atoms with Crippen LogP contribution in [0.25, 0.3) is 0 Å². The minimum absolute atomic E-state index is 0.0193. The second-order valence-electron chi connectivity index (χ2n) is 4.02. The molecule has 21 heavy (non-hydrogen) atoms. The van der Waals surface area contributed by atoms with Gasteiger partial charge in [0.2, 0.25) is 0 Å². The molecule has 1 aromatic rings. The second kappa shape index (κ2) is 7.90. The third-order valence-corrected chi connectivity index (χ3v) is 4.45. The molecule has 0 aromatic heterocycles. The van der Waals surface area contributed by atoms with Crippen LogP contribution < -0.4 is 0 Å². The highest BCUT2D eigenvalue weighted by Crippen LogP contribution is 2.20. The van der Waals surface area contributed by atoms with Crippen molar-refractivity contribution in [2.24, 2.45) is 0 Å². The normalized spacial score (nSPS) is 13.1. The molecule has 0 fully saturated rings. The third-order valence-electron chi connectivity index (χ3n) is 2.32. The molecule has 0 bridgehead atoms. The zero-order chi connectivity index (χ0) is 16.0. The maximum atomic E-state index is 11.9. The van der Waals surface area contributed by atoms with Crippen molar-refractivity contribution in [3.05, 3.63) is 28.2 Å². The van der Waals surface area contributed by atoms with Gasteiger partial charge in [-0.2, -0.15) is 13.2 Å². The number of carbonyl (C=O) groups is 1. The number of hydrogen-bond donors (Lipinski definition) is 1. The van der Waals surface area contributed by atoms with Crippen LogP contribution in [0.15, 0.2) is 27.6 Å². The molecular formula is C12H12BrF3O4S. The summed E-state index contributed by atoms with van der Waals surface area (Å²) in [5, 5.41) is 8.94. The van der Waals surface area contributed by atoms with Gasteiger partial charge >= 0.3 is 12.1 Å². The molecule has 0 saturated heterocycles. The van der Waals surface area contributed by atoms with E-state index in [1.165, 1.54) is 18.2 Å². The van der Waals surface area contributed by atoms with Crippen LogP contribution >= 0.6 is 15.9 Å². The van der Waals surface area contributed by atoms with Gasteiger partial charge in [-0.05, 0) is 40.5 Å². The summed E-state index contributed by atoms with van der Waals surface area (Å²) < 4.78 is 52.1. The molecule has 4 nitrogen and oxygen atoms in total. The van der Waals surface area contributed by atoms with Crippen LogP contribution in [0, 0.1) is 0 Å². The van der Waals surface area contributed by atoms with Gasteiger partial charge in [-0.15, -0.1) is 0 Å². The maximum absolute atomic E-state index is 11.9. The van der Waals surface area contributed by atoms with Crippen LogP contribution in [0.3, 0.4) is 0 Å². The lowest BCUT2D eigenvalue weighted by molar-refractivity contribution is -0.173. The molecule has 0 amide bonds. The quantitative estimate of drug-likeness (QED) is 0.728. The van der Waals surface area contributed by atoms with Gasteiger partial charge in [0, 0.05) is 21.7 Å². The van der Waals surface area contributed by atoms with Crippen molar-refractivity contribution >= 4 is 32.7 Å². The summed E-state index contributed by atoms with van der Waals surface area (Å²) in [6, 6.07) is 4.25. The number of benzene rings is 1. The molecule has 118 valence electrons. The lowest BCUT2D eigenvalue weighted by Gasteiger charge is -2.08. The zero-order valence-corrected chi connectivity index (χ0v) is 13.1. The molecule has 1 aromatic carbocycles. The van der Waals surface area contributed by atoms with Gasteiger partial charge in [-0.25, -0.2) is 4.79 Å². The van der Waals surface area contributed by atoms with Crippen LogP contribution in [-0.2, 0) is 15.5 Å². The van der Waals surface area contributed by atoms with Crippen molar-refractivity contribution < 1.29 is 32.0 Å². The first-order valence-corrected chi connectivity index (χ1v) is 7.87. The van der Waals surface area contributed by atoms with E-state index in [4.69, 9.17) is 5.11 Å². The summed E-state index contributed by atoms with van der Waals surface area (Å²) in [6.07, 6.45) is -4.19. The molecule has 0 aliphatic rings. The van der Waals surface area contributed by atoms with E-state index in [2.05, 4.69) is 20.7 Å². The van der Waals surface area contributed by atoms with Crippen LogP contribution in [-0.4, -0.2) is 40.4 Å². The van der Waals surface area contributed by atoms with Crippen LogP contribution in [0.5, 0.6) is 0 Å². The summed E-state index contributed by atoms with van der Waals surface area (Å²) in [4.78, 5) is 11.2. The highest BCUT2D eigenvalue weighted by Gasteiger charge is 2.27. The molecule has 9 heteroatoms. The van der Waals surface area contributed by atoms with Crippen molar-refractivity contribution in [2.75, 3.05) is 19.0 Å². The van der Waals surface area contributed by atoms with E-state index in [0.717, 1.165) is 0 Å². The van der Waals surface area contributed by atoms with Crippen LogP contribution in [0.4, 0.5) is 13.2 Å². The molecule has 0 heterocycles. The molecule has 1 atom stereocenters. The smallest absolute Gasteiger partial charge is 0.411 e. The SMILES string of the molecule is O=C(O)c1cc(S(=O)CCCOCC(F)(F)F)ccc1Br. The fourth-order valence-electron chi connectivity index (χ4n) is 1.41. The van der Waals surface area contributed by atoms with Crippen molar-refractivity contribution in [2.45, 2.75) is 17.5 Å². The Morgan fingerprint density at radius 1 is 1.38 bits per heavy atom. The molecule has 1 unspecified atom stereocenters. The monoisotopic (exact) mass is 388 g/mol. The Balaban J connectivity index is 2.49. The van der Waals surface area contributed by atoms with Gasteiger partial charge < -0.3 is 9.84 Å². The van der Waals surface area contributed by atoms with Crippen molar-refractivity contribution in [1.82, 2.24) is 0 Å². The Hall–Kier alpha value is -0.930. The Bertz CT molecular complexity index is 534. The van der Waals surface area contributed by atoms with Gasteiger partial charge in [0.05, 0.1) is 16.4 Å². The van der Waals surface area contributed by atoms with E-state index >= 15 is 0 Å². The summed E-state index contributed by atoms with van der Waals surface area (Å²) in [7, 11) is -1.49. The average molecular weight is 389 g/mol. The minimum atomic E-state index is -4.37. The Labute approximate surface area is 129 Å². The van der Waals surface area contributed by atoms with Crippen molar-refractivity contribution in [3.63, 3.8) is 0 Å². The molecule has 0 radical (unpaired) electrons. The van der Waals surface area contributed by atoms with Crippen molar-refractivity contribution in [3.8, 4) is 0 Å². The molecule has 1 rings (SSSR count). The number of aromatic carboxylic acids is 1. The average Bonchev–Trinajstić information content (AvgIpc) is 2.36. The lowest BCUT2D eigenvalue weighted by Crippen LogP contribution is -2.18. The van der Waals surface area contributed by atoms with E-state index in [-0.39, 0.29) is 24.3 Å². The number of ether oxygens (including phenoxy) is 1. The van der Waals surface area contributed by atoms with Gasteiger partial charge in [-0.1, -0.05) is 0 Å². The first kappa shape index (κ1) is 18.1. The molecule has 0 aliphatic heterocycles. The van der Waals surface area contributed by atoms with E-state index in [1.54, 1.807) is 0 Å². The Morgan fingerprint density at radius 3 is 2.62 bits per heavy atom. The molecule has 0 spiro atoms. The molecule has 1 N–H and O–H groups in total. The predicted molar refractivity (Wildman–Crippen MR) is 73.9 cm³/mol. The van der Waals surface area contributed by atoms with Crippen LogP contribution in [0.1, 0.15) is 16.8 Å². The van der Waals surface area contributed by atoms with Gasteiger partial charge in [0.1, 0.15) is 6.61 Å². The second-order valence-corrected chi connectivity index (χ2v) is 6.44. The summed E-state index contributed by atoms with van der Waals surface area (Å²) >= 11 is 3.07. The first-order chi connectivity index (χ1) is 9.70. The van der Waals surface area contributed by atoms with Crippen LogP contribution in [0.2, 0.25) is 0 Å². The number of carboxylic acid groups (broad SMARTS) is 1. The number of alkyl halides is 3. The molecule has 0 saturated carbocycles. The maximum Gasteiger partial charge on any atom is 0.411 e. The lowest BCUT2D eigenvalue weighted by atomic mass is 10.2. The highest BCUT2D eigenvalue weighted by molar-refractivity contribution is 9.10. The molecular weight excluding hydrogens is 377 g/mol. The Morgan fingerprint density at radius 2 is 2.05 bits per heavy atom. The zero-order valence-electron chi connectivity index (χ0n) is 10.7. The van der Waals surface area contributed by atoms with E-state index in [0.29, 0.717) is 9.37 Å². The standard InChI is InChI=1S/C12H12BrF3O4S/c13-10-3-2-8(6-9(10)11(17)18)21(19)5-1-4-20-7-12(14,15)16/h2-3,6H,1,4-5,7H2,(H,17,18). The predicted octanol–water partition coefficient (Wildman–Crippen LogP) is 3.22.